The maximum absolute atomic E-state index is 12.9. The predicted octanol–water partition coefficient (Wildman–Crippen LogP) is 1.26. The zero-order valence-electron chi connectivity index (χ0n) is 19.2. The second kappa shape index (κ2) is 11.2. The van der Waals surface area contributed by atoms with Gasteiger partial charge in [-0.15, -0.1) is 0 Å². The van der Waals surface area contributed by atoms with Crippen LogP contribution in [-0.4, -0.2) is 54.6 Å². The van der Waals surface area contributed by atoms with Gasteiger partial charge in [0, 0.05) is 50.6 Å². The van der Waals surface area contributed by atoms with Crippen LogP contribution >= 0.6 is 0 Å². The number of hydrogen-bond acceptors (Lipinski definition) is 6. The summed E-state index contributed by atoms with van der Waals surface area (Å²) in [5.41, 5.74) is 1.37. The highest BCUT2D eigenvalue weighted by atomic mass is 32.2. The summed E-state index contributed by atoms with van der Waals surface area (Å²) in [4.78, 5) is 40.2. The molecular weight excluding hydrogens is 458 g/mol. The van der Waals surface area contributed by atoms with Gasteiger partial charge in [0.1, 0.15) is 6.04 Å². The predicted molar refractivity (Wildman–Crippen MR) is 126 cm³/mol. The Morgan fingerprint density at radius 3 is 2.38 bits per heavy atom. The van der Waals surface area contributed by atoms with Crippen molar-refractivity contribution in [2.45, 2.75) is 44.2 Å². The van der Waals surface area contributed by atoms with Crippen LogP contribution in [0.1, 0.15) is 32.3 Å². The molecule has 0 radical (unpaired) electrons. The molecule has 11 heteroatoms. The van der Waals surface area contributed by atoms with Crippen LogP contribution in [0.15, 0.2) is 53.7 Å². The van der Waals surface area contributed by atoms with E-state index in [0.29, 0.717) is 25.1 Å². The highest BCUT2D eigenvalue weighted by Crippen LogP contribution is 2.25. The lowest BCUT2D eigenvalue weighted by Gasteiger charge is -2.31. The minimum absolute atomic E-state index is 0.128. The lowest BCUT2D eigenvalue weighted by molar-refractivity contribution is -0.131. The molecule has 2 aromatic rings. The molecule has 1 saturated heterocycles. The number of carbonyl (C=O) groups is 3. The van der Waals surface area contributed by atoms with E-state index < -0.39 is 16.1 Å². The molecule has 34 heavy (non-hydrogen) atoms. The topological polar surface area (TPSA) is 138 Å². The summed E-state index contributed by atoms with van der Waals surface area (Å²) < 4.78 is 27.2. The second-order valence-electron chi connectivity index (χ2n) is 8.19. The fraction of sp³-hybridized carbons (Fsp3) is 0.391. The molecule has 0 spiro atoms. The highest BCUT2D eigenvalue weighted by molar-refractivity contribution is 7.89. The van der Waals surface area contributed by atoms with E-state index >= 15 is 0 Å². The number of rotatable bonds is 8. The first kappa shape index (κ1) is 25.3. The van der Waals surface area contributed by atoms with E-state index in [2.05, 4.69) is 20.9 Å². The molecule has 1 aliphatic rings. The Labute approximate surface area is 199 Å². The molecule has 182 valence electrons. The molecule has 3 amide bonds. The van der Waals surface area contributed by atoms with E-state index in [9.17, 15) is 22.8 Å². The van der Waals surface area contributed by atoms with Crippen LogP contribution in [0.5, 0.6) is 0 Å². The lowest BCUT2D eigenvalue weighted by atomic mass is 9.97. The van der Waals surface area contributed by atoms with E-state index in [4.69, 9.17) is 0 Å². The van der Waals surface area contributed by atoms with E-state index in [1.165, 1.54) is 35.5 Å². The van der Waals surface area contributed by atoms with Gasteiger partial charge in [0.15, 0.2) is 0 Å². The summed E-state index contributed by atoms with van der Waals surface area (Å²) >= 11 is 0. The molecule has 0 aliphatic carbocycles. The third kappa shape index (κ3) is 6.61. The van der Waals surface area contributed by atoms with Crippen LogP contribution in [0.25, 0.3) is 0 Å². The minimum Gasteiger partial charge on any atom is -0.350 e. The van der Waals surface area contributed by atoms with Crippen LogP contribution in [-0.2, 0) is 31.0 Å². The van der Waals surface area contributed by atoms with Crippen LogP contribution in [0, 0.1) is 5.92 Å². The molecule has 1 aliphatic heterocycles. The summed E-state index contributed by atoms with van der Waals surface area (Å²) in [6.45, 7) is 3.71. The third-order valence-electron chi connectivity index (χ3n) is 5.58. The fourth-order valence-corrected chi connectivity index (χ4v) is 5.13. The van der Waals surface area contributed by atoms with Crippen molar-refractivity contribution in [1.82, 2.24) is 19.9 Å². The number of nitrogens with zero attached hydrogens (tertiary/aromatic N) is 2. The average Bonchev–Trinajstić information content (AvgIpc) is 2.83. The largest absolute Gasteiger partial charge is 0.350 e. The lowest BCUT2D eigenvalue weighted by Crippen LogP contribution is -2.49. The van der Waals surface area contributed by atoms with Crippen LogP contribution in [0.2, 0.25) is 0 Å². The number of aromatic nitrogens is 1. The average molecular weight is 488 g/mol. The number of benzene rings is 1. The SMILES string of the molecule is CC(=O)Nc1ccc(S(=O)(=O)N2CCC(C(=O)N[C@@H](C)C(=O)NCc3cccnc3)CC2)cc1. The van der Waals surface area contributed by atoms with Crippen molar-refractivity contribution in [3.8, 4) is 0 Å². The van der Waals surface area contributed by atoms with Crippen molar-refractivity contribution in [1.29, 1.82) is 0 Å². The fourth-order valence-electron chi connectivity index (χ4n) is 3.66. The van der Waals surface area contributed by atoms with Gasteiger partial charge in [-0.3, -0.25) is 19.4 Å². The number of nitrogens with one attached hydrogen (secondary N) is 3. The third-order valence-corrected chi connectivity index (χ3v) is 7.49. The summed E-state index contributed by atoms with van der Waals surface area (Å²) in [6, 6.07) is 8.88. The monoisotopic (exact) mass is 487 g/mol. The Kier molecular flexibility index (Phi) is 8.35. The van der Waals surface area contributed by atoms with Crippen LogP contribution < -0.4 is 16.0 Å². The van der Waals surface area contributed by atoms with Crippen LogP contribution in [0.3, 0.4) is 0 Å². The Morgan fingerprint density at radius 2 is 1.79 bits per heavy atom. The smallest absolute Gasteiger partial charge is 0.243 e. The van der Waals surface area contributed by atoms with Crippen molar-refractivity contribution in [2.75, 3.05) is 18.4 Å². The van der Waals surface area contributed by atoms with Gasteiger partial charge in [-0.05, 0) is 55.7 Å². The van der Waals surface area contributed by atoms with Crippen molar-refractivity contribution in [3.63, 3.8) is 0 Å². The molecule has 1 aromatic heterocycles. The van der Waals surface area contributed by atoms with E-state index in [1.807, 2.05) is 6.07 Å². The first-order chi connectivity index (χ1) is 16.2. The van der Waals surface area contributed by atoms with Gasteiger partial charge >= 0.3 is 0 Å². The number of carbonyl (C=O) groups excluding carboxylic acids is 3. The maximum Gasteiger partial charge on any atom is 0.243 e. The van der Waals surface area contributed by atoms with Gasteiger partial charge in [-0.1, -0.05) is 6.07 Å². The first-order valence-electron chi connectivity index (χ1n) is 11.0. The molecule has 2 heterocycles. The second-order valence-corrected chi connectivity index (χ2v) is 10.1. The highest BCUT2D eigenvalue weighted by Gasteiger charge is 2.33. The van der Waals surface area contributed by atoms with Gasteiger partial charge < -0.3 is 16.0 Å². The molecule has 0 bridgehead atoms. The zero-order chi connectivity index (χ0) is 24.7. The Bertz CT molecular complexity index is 1110. The number of sulfonamides is 1. The quantitative estimate of drug-likeness (QED) is 0.513. The minimum atomic E-state index is -3.71. The number of piperidine rings is 1. The molecule has 0 unspecified atom stereocenters. The van der Waals surface area contributed by atoms with Crippen LogP contribution in [0.4, 0.5) is 5.69 Å². The van der Waals surface area contributed by atoms with Gasteiger partial charge in [0.2, 0.25) is 27.7 Å². The molecule has 3 rings (SSSR count). The Hall–Kier alpha value is -3.31. The summed E-state index contributed by atoms with van der Waals surface area (Å²) in [5.74, 6) is -1.18. The van der Waals surface area contributed by atoms with Gasteiger partial charge in [-0.25, -0.2) is 8.42 Å². The van der Waals surface area contributed by atoms with E-state index in [1.54, 1.807) is 25.4 Å². The molecule has 10 nitrogen and oxygen atoms in total. The molecule has 1 aromatic carbocycles. The number of hydrogen-bond donors (Lipinski definition) is 3. The molecule has 0 saturated carbocycles. The van der Waals surface area contributed by atoms with Crippen molar-refractivity contribution >= 4 is 33.4 Å². The van der Waals surface area contributed by atoms with Gasteiger partial charge in [0.25, 0.3) is 0 Å². The molecule has 1 atom stereocenters. The first-order valence-corrected chi connectivity index (χ1v) is 12.5. The van der Waals surface area contributed by atoms with Gasteiger partial charge in [-0.2, -0.15) is 4.31 Å². The summed E-state index contributed by atoms with van der Waals surface area (Å²) in [6.07, 6.45) is 4.02. The van der Waals surface area contributed by atoms with Crippen molar-refractivity contribution in [3.05, 3.63) is 54.4 Å². The Morgan fingerprint density at radius 1 is 1.12 bits per heavy atom. The normalized spacial score (nSPS) is 15.8. The number of pyridine rings is 1. The Balaban J connectivity index is 1.49. The molecule has 1 fully saturated rings. The molecule has 3 N–H and O–H groups in total. The maximum atomic E-state index is 12.9. The summed E-state index contributed by atoms with van der Waals surface area (Å²) in [5, 5.41) is 8.08. The number of anilines is 1. The van der Waals surface area contributed by atoms with E-state index in [-0.39, 0.29) is 41.6 Å². The summed E-state index contributed by atoms with van der Waals surface area (Å²) in [7, 11) is -3.71. The zero-order valence-corrected chi connectivity index (χ0v) is 20.0. The molecular formula is C23H29N5O5S. The van der Waals surface area contributed by atoms with E-state index in [0.717, 1.165) is 5.56 Å². The number of amides is 3. The van der Waals surface area contributed by atoms with Crippen molar-refractivity contribution in [2.24, 2.45) is 5.92 Å². The van der Waals surface area contributed by atoms with Crippen molar-refractivity contribution < 1.29 is 22.8 Å². The standard InChI is InChI=1S/C23H29N5O5S/c1-16(22(30)25-15-18-4-3-11-24-14-18)26-23(31)19-9-12-28(13-10-19)34(32,33)21-7-5-20(6-8-21)27-17(2)29/h3-8,11,14,16,19H,9-10,12-13,15H2,1-2H3,(H,25,30)(H,26,31)(H,27,29)/t16-/m0/s1. The van der Waals surface area contributed by atoms with Gasteiger partial charge in [0.05, 0.1) is 4.90 Å².